The number of halogens is 1. The van der Waals surface area contributed by atoms with Crippen molar-refractivity contribution in [1.82, 2.24) is 4.90 Å². The van der Waals surface area contributed by atoms with Crippen molar-refractivity contribution in [2.75, 3.05) is 13.7 Å². The third-order valence-electron chi connectivity index (χ3n) is 4.69. The summed E-state index contributed by atoms with van der Waals surface area (Å²) in [4.78, 5) is 26.4. The van der Waals surface area contributed by atoms with Gasteiger partial charge in [0, 0.05) is 12.1 Å². The second-order valence-electron chi connectivity index (χ2n) is 6.83. The molecule has 0 aliphatic carbocycles. The van der Waals surface area contributed by atoms with Crippen LogP contribution in [0.4, 0.5) is 9.18 Å². The zero-order chi connectivity index (χ0) is 21.5. The molecule has 30 heavy (non-hydrogen) atoms. The predicted molar refractivity (Wildman–Crippen MR) is 116 cm³/mol. The van der Waals surface area contributed by atoms with Crippen molar-refractivity contribution >= 4 is 29.0 Å². The lowest BCUT2D eigenvalue weighted by atomic mass is 10.1. The smallest absolute Gasteiger partial charge is 0.293 e. The fourth-order valence-electron chi connectivity index (χ4n) is 3.03. The van der Waals surface area contributed by atoms with Gasteiger partial charge in [-0.15, -0.1) is 0 Å². The van der Waals surface area contributed by atoms with Gasteiger partial charge in [0.15, 0.2) is 11.5 Å². The Bertz CT molecular complexity index is 960. The van der Waals surface area contributed by atoms with Gasteiger partial charge in [-0.25, -0.2) is 4.39 Å². The van der Waals surface area contributed by atoms with Crippen molar-refractivity contribution < 1.29 is 23.5 Å². The normalized spacial score (nSPS) is 15.2. The Kier molecular flexibility index (Phi) is 7.52. The molecular weight excluding hydrogens is 405 g/mol. The second-order valence-corrected chi connectivity index (χ2v) is 7.82. The van der Waals surface area contributed by atoms with Crippen molar-refractivity contribution in [3.05, 3.63) is 64.3 Å². The summed E-state index contributed by atoms with van der Waals surface area (Å²) in [5, 5.41) is -0.237. The zero-order valence-corrected chi connectivity index (χ0v) is 17.8. The van der Waals surface area contributed by atoms with Gasteiger partial charge in [-0.3, -0.25) is 14.5 Å². The first kappa shape index (κ1) is 21.9. The van der Waals surface area contributed by atoms with Crippen LogP contribution in [-0.2, 0) is 11.4 Å². The Balaban J connectivity index is 1.72. The number of nitrogens with zero attached hydrogens (tertiary/aromatic N) is 1. The monoisotopic (exact) mass is 429 g/mol. The highest BCUT2D eigenvalue weighted by atomic mass is 32.2. The number of unbranched alkanes of at least 4 members (excludes halogenated alkanes) is 2. The molecule has 158 valence electrons. The number of thioether (sulfide) groups is 1. The highest BCUT2D eigenvalue weighted by Gasteiger charge is 2.34. The van der Waals surface area contributed by atoms with Crippen LogP contribution in [0, 0.1) is 5.82 Å². The van der Waals surface area contributed by atoms with Gasteiger partial charge in [-0.2, -0.15) is 0 Å². The van der Waals surface area contributed by atoms with E-state index in [-0.39, 0.29) is 23.6 Å². The summed E-state index contributed by atoms with van der Waals surface area (Å²) in [6.07, 6.45) is 4.49. The molecule has 1 heterocycles. The molecule has 2 aromatic carbocycles. The molecule has 1 saturated heterocycles. The summed E-state index contributed by atoms with van der Waals surface area (Å²) >= 11 is 0.946. The van der Waals surface area contributed by atoms with Gasteiger partial charge in [0.2, 0.25) is 0 Å². The van der Waals surface area contributed by atoms with Gasteiger partial charge >= 0.3 is 0 Å². The molecule has 1 fully saturated rings. The van der Waals surface area contributed by atoms with E-state index in [2.05, 4.69) is 6.92 Å². The van der Waals surface area contributed by atoms with Crippen LogP contribution in [0.1, 0.15) is 37.3 Å². The largest absolute Gasteiger partial charge is 0.493 e. The van der Waals surface area contributed by atoms with Gasteiger partial charge in [0.25, 0.3) is 11.1 Å². The van der Waals surface area contributed by atoms with Crippen molar-refractivity contribution in [3.8, 4) is 11.5 Å². The number of imide groups is 1. The Morgan fingerprint density at radius 2 is 1.90 bits per heavy atom. The number of methoxy groups -OCH3 is 1. The maximum absolute atomic E-state index is 13.8. The van der Waals surface area contributed by atoms with E-state index >= 15 is 0 Å². The summed E-state index contributed by atoms with van der Waals surface area (Å²) in [5.74, 6) is 0.329. The molecule has 0 spiro atoms. The lowest BCUT2D eigenvalue weighted by Crippen LogP contribution is -2.29. The summed E-state index contributed by atoms with van der Waals surface area (Å²) < 4.78 is 24.9. The number of amides is 2. The number of carbonyl (C=O) groups excluding carboxylic acids is 2. The van der Waals surface area contributed by atoms with Crippen molar-refractivity contribution in [2.24, 2.45) is 0 Å². The van der Waals surface area contributed by atoms with E-state index < -0.39 is 0 Å². The minimum absolute atomic E-state index is 0.0685. The highest BCUT2D eigenvalue weighted by molar-refractivity contribution is 8.18. The van der Waals surface area contributed by atoms with E-state index in [9.17, 15) is 14.0 Å². The first-order chi connectivity index (χ1) is 14.5. The average Bonchev–Trinajstić information content (AvgIpc) is 3.01. The fraction of sp³-hybridized carbons (Fsp3) is 0.304. The lowest BCUT2D eigenvalue weighted by Gasteiger charge is -2.12. The Morgan fingerprint density at radius 1 is 1.10 bits per heavy atom. The van der Waals surface area contributed by atoms with Gasteiger partial charge in [-0.1, -0.05) is 44.0 Å². The van der Waals surface area contributed by atoms with Crippen LogP contribution < -0.4 is 9.47 Å². The van der Waals surface area contributed by atoms with Crippen LogP contribution in [0.3, 0.4) is 0 Å². The van der Waals surface area contributed by atoms with E-state index in [1.807, 2.05) is 0 Å². The Hall–Kier alpha value is -2.80. The number of benzene rings is 2. The molecule has 0 radical (unpaired) electrons. The Labute approximate surface area is 179 Å². The molecule has 2 amide bonds. The van der Waals surface area contributed by atoms with E-state index in [4.69, 9.17) is 9.47 Å². The third kappa shape index (κ3) is 5.21. The van der Waals surface area contributed by atoms with E-state index in [1.54, 1.807) is 42.5 Å². The number of rotatable bonds is 9. The molecule has 3 rings (SSSR count). The molecule has 7 heteroatoms. The second kappa shape index (κ2) is 10.3. The molecule has 1 aliphatic rings. The molecule has 5 nitrogen and oxygen atoms in total. The molecule has 0 N–H and O–H groups in total. The number of hydrogen-bond acceptors (Lipinski definition) is 5. The number of hydrogen-bond donors (Lipinski definition) is 0. The van der Waals surface area contributed by atoms with Gasteiger partial charge in [0.05, 0.1) is 12.0 Å². The maximum Gasteiger partial charge on any atom is 0.293 e. The van der Waals surface area contributed by atoms with Gasteiger partial charge < -0.3 is 9.47 Å². The lowest BCUT2D eigenvalue weighted by molar-refractivity contribution is -0.122. The molecule has 0 bridgehead atoms. The number of ether oxygens (including phenoxy) is 2. The first-order valence-electron chi connectivity index (χ1n) is 9.83. The van der Waals surface area contributed by atoms with Crippen LogP contribution in [-0.4, -0.2) is 29.7 Å². The molecule has 2 aromatic rings. The minimum atomic E-state index is -0.331. The first-order valence-corrected chi connectivity index (χ1v) is 10.6. The molecule has 0 saturated carbocycles. The zero-order valence-electron chi connectivity index (χ0n) is 17.0. The maximum atomic E-state index is 13.8. The summed E-state index contributed by atoms with van der Waals surface area (Å²) in [6.45, 7) is 2.59. The van der Waals surface area contributed by atoms with Crippen LogP contribution >= 0.6 is 11.8 Å². The summed E-state index contributed by atoms with van der Waals surface area (Å²) in [5.41, 5.74) is 1.16. The van der Waals surface area contributed by atoms with E-state index in [0.29, 0.717) is 34.1 Å². The predicted octanol–water partition coefficient (Wildman–Crippen LogP) is 5.64. The van der Waals surface area contributed by atoms with Crippen molar-refractivity contribution in [2.45, 2.75) is 32.8 Å². The average molecular weight is 430 g/mol. The van der Waals surface area contributed by atoms with E-state index in [1.165, 1.54) is 18.1 Å². The van der Waals surface area contributed by atoms with Crippen molar-refractivity contribution in [1.29, 1.82) is 0 Å². The highest BCUT2D eigenvalue weighted by Crippen LogP contribution is 2.35. The fourth-order valence-corrected chi connectivity index (χ4v) is 3.89. The number of carbonyl (C=O) groups is 2. The van der Waals surface area contributed by atoms with Crippen LogP contribution in [0.25, 0.3) is 6.08 Å². The van der Waals surface area contributed by atoms with Gasteiger partial charge in [0.1, 0.15) is 12.4 Å². The molecule has 0 aromatic heterocycles. The Morgan fingerprint density at radius 3 is 2.63 bits per heavy atom. The molecular formula is C23H24FNO4S. The van der Waals surface area contributed by atoms with Crippen LogP contribution in [0.2, 0.25) is 0 Å². The minimum Gasteiger partial charge on any atom is -0.493 e. The van der Waals surface area contributed by atoms with Gasteiger partial charge in [-0.05, 0) is 48.0 Å². The topological polar surface area (TPSA) is 55.8 Å². The van der Waals surface area contributed by atoms with Crippen LogP contribution in [0.5, 0.6) is 11.5 Å². The molecule has 0 atom stereocenters. The molecule has 1 aliphatic heterocycles. The summed E-state index contributed by atoms with van der Waals surface area (Å²) in [7, 11) is 1.51. The third-order valence-corrected chi connectivity index (χ3v) is 5.59. The van der Waals surface area contributed by atoms with E-state index in [0.717, 1.165) is 31.0 Å². The SMILES string of the molecule is CCCCCN1C(=O)S/C(=C\c2ccc(OCc3ccccc3F)c(OC)c2)C1=O. The summed E-state index contributed by atoms with van der Waals surface area (Å²) in [6, 6.07) is 11.6. The standard InChI is InChI=1S/C23H24FNO4S/c1-3-4-7-12-25-22(26)21(30-23(25)27)14-16-10-11-19(20(13-16)28-2)29-15-17-8-5-6-9-18(17)24/h5-6,8-11,13-14H,3-4,7,12,15H2,1-2H3/b21-14-. The quantitative estimate of drug-likeness (QED) is 0.381. The van der Waals surface area contributed by atoms with Crippen molar-refractivity contribution in [3.63, 3.8) is 0 Å². The van der Waals surface area contributed by atoms with Crippen LogP contribution in [0.15, 0.2) is 47.4 Å². The molecule has 0 unspecified atom stereocenters.